The minimum atomic E-state index is 0.274. The molecule has 1 atom stereocenters. The molecule has 0 aliphatic heterocycles. The van der Waals surface area contributed by atoms with Crippen LogP contribution in [0, 0.1) is 13.8 Å². The lowest BCUT2D eigenvalue weighted by Crippen LogP contribution is -2.30. The van der Waals surface area contributed by atoms with Crippen molar-refractivity contribution in [3.05, 3.63) is 34.9 Å². The summed E-state index contributed by atoms with van der Waals surface area (Å²) < 4.78 is 0. The zero-order valence-electron chi connectivity index (χ0n) is 11.4. The molecular weight excluding hydrogens is 240 g/mol. The van der Waals surface area contributed by atoms with Crippen LogP contribution in [-0.4, -0.2) is 11.0 Å². The van der Waals surface area contributed by atoms with Crippen LogP contribution in [0.1, 0.15) is 48.4 Å². The number of hydrogen-bond acceptors (Lipinski definition) is 3. The van der Waals surface area contributed by atoms with Crippen molar-refractivity contribution in [2.45, 2.75) is 50.8 Å². The number of benzene rings is 1. The minimum absolute atomic E-state index is 0.274. The molecule has 1 saturated carbocycles. The first-order valence-electron chi connectivity index (χ1n) is 6.85. The fourth-order valence-corrected chi connectivity index (χ4v) is 4.06. The number of hydrazine groups is 1. The summed E-state index contributed by atoms with van der Waals surface area (Å²) in [4.78, 5) is 0. The predicted octanol–water partition coefficient (Wildman–Crippen LogP) is 3.48. The number of aryl methyl sites for hydroxylation is 2. The lowest BCUT2D eigenvalue weighted by molar-refractivity contribution is 0.606. The highest BCUT2D eigenvalue weighted by atomic mass is 32.2. The standard InChI is InChI=1S/C15H24N2S/c1-11-7-8-12(2)14(9-11)15(17-16)10-18-13-5-3-4-6-13/h7-9,13,15,17H,3-6,10,16H2,1-2H3. The van der Waals surface area contributed by atoms with Crippen LogP contribution in [0.5, 0.6) is 0 Å². The van der Waals surface area contributed by atoms with Gasteiger partial charge in [0.15, 0.2) is 0 Å². The lowest BCUT2D eigenvalue weighted by Gasteiger charge is -2.20. The Balaban J connectivity index is 2.00. The second-order valence-electron chi connectivity index (χ2n) is 5.32. The molecule has 1 aliphatic rings. The average Bonchev–Trinajstić information content (AvgIpc) is 2.87. The van der Waals surface area contributed by atoms with Crippen LogP contribution in [0.25, 0.3) is 0 Å². The highest BCUT2D eigenvalue weighted by molar-refractivity contribution is 7.99. The first kappa shape index (κ1) is 13.9. The van der Waals surface area contributed by atoms with Crippen molar-refractivity contribution < 1.29 is 0 Å². The van der Waals surface area contributed by atoms with E-state index in [-0.39, 0.29) is 6.04 Å². The van der Waals surface area contributed by atoms with Crippen molar-refractivity contribution in [3.8, 4) is 0 Å². The average molecular weight is 264 g/mol. The van der Waals surface area contributed by atoms with Crippen LogP contribution in [0.3, 0.4) is 0 Å². The molecule has 0 radical (unpaired) electrons. The summed E-state index contributed by atoms with van der Waals surface area (Å²) in [7, 11) is 0. The third-order valence-corrected chi connectivity index (χ3v) is 5.28. The molecule has 2 nitrogen and oxygen atoms in total. The smallest absolute Gasteiger partial charge is 0.0553 e. The van der Waals surface area contributed by atoms with E-state index < -0.39 is 0 Å². The number of thioether (sulfide) groups is 1. The van der Waals surface area contributed by atoms with Gasteiger partial charge in [0, 0.05) is 11.0 Å². The summed E-state index contributed by atoms with van der Waals surface area (Å²) >= 11 is 2.08. The Morgan fingerprint density at radius 3 is 2.72 bits per heavy atom. The van der Waals surface area contributed by atoms with Crippen molar-refractivity contribution in [2.24, 2.45) is 5.84 Å². The first-order valence-corrected chi connectivity index (χ1v) is 7.90. The zero-order valence-corrected chi connectivity index (χ0v) is 12.2. The van der Waals surface area contributed by atoms with E-state index in [4.69, 9.17) is 5.84 Å². The van der Waals surface area contributed by atoms with Gasteiger partial charge in [-0.1, -0.05) is 36.6 Å². The summed E-state index contributed by atoms with van der Waals surface area (Å²) in [6.07, 6.45) is 5.58. The van der Waals surface area contributed by atoms with E-state index in [0.717, 1.165) is 11.0 Å². The Kier molecular flexibility index (Phi) is 5.10. The molecule has 2 rings (SSSR count). The second kappa shape index (κ2) is 6.60. The zero-order chi connectivity index (χ0) is 13.0. The van der Waals surface area contributed by atoms with Gasteiger partial charge in [-0.15, -0.1) is 0 Å². The Morgan fingerprint density at radius 1 is 1.33 bits per heavy atom. The molecule has 1 aliphatic carbocycles. The van der Waals surface area contributed by atoms with Gasteiger partial charge in [0.1, 0.15) is 0 Å². The normalized spacial score (nSPS) is 18.2. The number of hydrogen-bond donors (Lipinski definition) is 2. The molecular formula is C15H24N2S. The van der Waals surface area contributed by atoms with Gasteiger partial charge in [0.25, 0.3) is 0 Å². The van der Waals surface area contributed by atoms with Crippen LogP contribution in [0.4, 0.5) is 0 Å². The second-order valence-corrected chi connectivity index (χ2v) is 6.65. The Labute approximate surface area is 115 Å². The highest BCUT2D eigenvalue weighted by Gasteiger charge is 2.19. The van der Waals surface area contributed by atoms with Gasteiger partial charge in [0.2, 0.25) is 0 Å². The summed E-state index contributed by atoms with van der Waals surface area (Å²) in [6, 6.07) is 6.89. The Hall–Kier alpha value is -0.510. The molecule has 3 N–H and O–H groups in total. The molecule has 1 aromatic carbocycles. The Bertz CT molecular complexity index is 386. The molecule has 3 heteroatoms. The molecule has 18 heavy (non-hydrogen) atoms. The molecule has 0 saturated heterocycles. The van der Waals surface area contributed by atoms with Gasteiger partial charge in [-0.3, -0.25) is 11.3 Å². The summed E-state index contributed by atoms with van der Waals surface area (Å²) in [5, 5.41) is 0.853. The highest BCUT2D eigenvalue weighted by Crippen LogP contribution is 2.32. The number of nitrogens with one attached hydrogen (secondary N) is 1. The molecule has 1 unspecified atom stereocenters. The predicted molar refractivity (Wildman–Crippen MR) is 80.7 cm³/mol. The molecule has 0 aromatic heterocycles. The van der Waals surface area contributed by atoms with E-state index in [1.165, 1.54) is 42.4 Å². The fourth-order valence-electron chi connectivity index (χ4n) is 2.65. The third kappa shape index (κ3) is 3.50. The van der Waals surface area contributed by atoms with Crippen LogP contribution in [0.2, 0.25) is 0 Å². The summed E-state index contributed by atoms with van der Waals surface area (Å²) in [6.45, 7) is 4.31. The maximum Gasteiger partial charge on any atom is 0.0553 e. The molecule has 1 fully saturated rings. The van der Waals surface area contributed by atoms with Crippen molar-refractivity contribution in [1.82, 2.24) is 5.43 Å². The summed E-state index contributed by atoms with van der Waals surface area (Å²) in [5.74, 6) is 6.82. The van der Waals surface area contributed by atoms with E-state index >= 15 is 0 Å². The number of nitrogens with two attached hydrogens (primary N) is 1. The molecule has 100 valence electrons. The number of rotatable bonds is 5. The Morgan fingerprint density at radius 2 is 2.06 bits per heavy atom. The van der Waals surface area contributed by atoms with E-state index in [9.17, 15) is 0 Å². The minimum Gasteiger partial charge on any atom is -0.271 e. The van der Waals surface area contributed by atoms with Gasteiger partial charge in [-0.05, 0) is 37.8 Å². The monoisotopic (exact) mass is 264 g/mol. The van der Waals surface area contributed by atoms with Crippen LogP contribution in [0.15, 0.2) is 18.2 Å². The van der Waals surface area contributed by atoms with Gasteiger partial charge in [-0.2, -0.15) is 11.8 Å². The third-order valence-electron chi connectivity index (χ3n) is 3.81. The lowest BCUT2D eigenvalue weighted by atomic mass is 10.0. The van der Waals surface area contributed by atoms with Crippen LogP contribution < -0.4 is 11.3 Å². The molecule has 0 heterocycles. The van der Waals surface area contributed by atoms with E-state index in [1.54, 1.807) is 0 Å². The van der Waals surface area contributed by atoms with Gasteiger partial charge in [0.05, 0.1) is 6.04 Å². The maximum absolute atomic E-state index is 5.75. The van der Waals surface area contributed by atoms with E-state index in [2.05, 4.69) is 49.2 Å². The molecule has 0 bridgehead atoms. The van der Waals surface area contributed by atoms with Crippen molar-refractivity contribution >= 4 is 11.8 Å². The first-order chi connectivity index (χ1) is 8.70. The van der Waals surface area contributed by atoms with Gasteiger partial charge >= 0.3 is 0 Å². The van der Waals surface area contributed by atoms with Crippen molar-refractivity contribution in [2.75, 3.05) is 5.75 Å². The van der Waals surface area contributed by atoms with E-state index in [0.29, 0.717) is 0 Å². The quantitative estimate of drug-likeness (QED) is 0.631. The largest absolute Gasteiger partial charge is 0.271 e. The summed E-state index contributed by atoms with van der Waals surface area (Å²) in [5.41, 5.74) is 6.98. The molecule has 1 aromatic rings. The SMILES string of the molecule is Cc1ccc(C)c(C(CSC2CCCC2)NN)c1. The van der Waals surface area contributed by atoms with Crippen molar-refractivity contribution in [1.29, 1.82) is 0 Å². The topological polar surface area (TPSA) is 38.0 Å². The fraction of sp³-hybridized carbons (Fsp3) is 0.600. The molecule has 0 spiro atoms. The maximum atomic E-state index is 5.75. The van der Waals surface area contributed by atoms with Gasteiger partial charge in [-0.25, -0.2) is 0 Å². The molecule has 0 amide bonds. The van der Waals surface area contributed by atoms with Crippen molar-refractivity contribution in [3.63, 3.8) is 0 Å². The van der Waals surface area contributed by atoms with E-state index in [1.807, 2.05) is 0 Å². The van der Waals surface area contributed by atoms with Gasteiger partial charge < -0.3 is 0 Å². The van der Waals surface area contributed by atoms with Crippen LogP contribution in [-0.2, 0) is 0 Å². The van der Waals surface area contributed by atoms with Crippen LogP contribution >= 0.6 is 11.8 Å².